The molecule has 0 saturated heterocycles. The fourth-order valence-corrected chi connectivity index (χ4v) is 2.72. The summed E-state index contributed by atoms with van der Waals surface area (Å²) in [6.07, 6.45) is 0. The van der Waals surface area contributed by atoms with Crippen LogP contribution in [0.25, 0.3) is 11.1 Å². The second-order valence-electron chi connectivity index (χ2n) is 4.22. The van der Waals surface area contributed by atoms with Crippen LogP contribution in [0.3, 0.4) is 0 Å². The van der Waals surface area contributed by atoms with Gasteiger partial charge in [-0.15, -0.1) is 0 Å². The van der Waals surface area contributed by atoms with Gasteiger partial charge in [-0.25, -0.2) is 8.60 Å². The van der Waals surface area contributed by atoms with E-state index < -0.39 is 17.1 Å². The average molecular weight is 359 g/mol. The average Bonchev–Trinajstić information content (AvgIpc) is 2.47. The van der Waals surface area contributed by atoms with Gasteiger partial charge in [0.25, 0.3) is 11.3 Å². The molecule has 2 rings (SSSR count). The van der Waals surface area contributed by atoms with Crippen molar-refractivity contribution in [2.45, 2.75) is 0 Å². The van der Waals surface area contributed by atoms with Gasteiger partial charge in [-0.2, -0.15) is 5.26 Å². The van der Waals surface area contributed by atoms with Gasteiger partial charge < -0.3 is 0 Å². The van der Waals surface area contributed by atoms with Crippen molar-refractivity contribution in [3.8, 4) is 17.2 Å². The molecular formula is C14H9Cl2FN2O2S. The monoisotopic (exact) mass is 358 g/mol. The summed E-state index contributed by atoms with van der Waals surface area (Å²) in [7, 11) is 0. The van der Waals surface area contributed by atoms with Crippen molar-refractivity contribution in [3.05, 3.63) is 52.3 Å². The van der Waals surface area contributed by atoms with E-state index in [2.05, 4.69) is 0 Å². The Kier molecular flexibility index (Phi) is 5.37. The molecule has 1 atom stereocenters. The van der Waals surface area contributed by atoms with Crippen molar-refractivity contribution in [1.82, 2.24) is 0 Å². The lowest BCUT2D eigenvalue weighted by molar-refractivity contribution is 0.561. The molecule has 22 heavy (non-hydrogen) atoms. The highest BCUT2D eigenvalue weighted by Gasteiger charge is 2.14. The molecule has 0 saturated carbocycles. The lowest BCUT2D eigenvalue weighted by Gasteiger charge is -2.17. The van der Waals surface area contributed by atoms with Crippen LogP contribution in [0.5, 0.6) is 0 Å². The lowest BCUT2D eigenvalue weighted by Crippen LogP contribution is -2.25. The molecule has 2 aromatic carbocycles. The van der Waals surface area contributed by atoms with Crippen LogP contribution in [0.1, 0.15) is 0 Å². The summed E-state index contributed by atoms with van der Waals surface area (Å²) in [4.78, 5) is 0. The van der Waals surface area contributed by atoms with E-state index in [1.807, 2.05) is 0 Å². The van der Waals surface area contributed by atoms with Crippen LogP contribution < -0.4 is 4.31 Å². The van der Waals surface area contributed by atoms with Crippen LogP contribution in [-0.4, -0.2) is 15.3 Å². The molecule has 2 aromatic rings. The molecule has 0 aliphatic heterocycles. The third kappa shape index (κ3) is 3.57. The topological polar surface area (TPSA) is 64.3 Å². The molecule has 1 unspecified atom stereocenters. The number of nitrogens with zero attached hydrogens (tertiary/aromatic N) is 2. The maximum atomic E-state index is 13.5. The first-order chi connectivity index (χ1) is 10.4. The van der Waals surface area contributed by atoms with Crippen LogP contribution in [0.4, 0.5) is 10.1 Å². The standard InChI is InChI=1S/C14H9Cl2FN2O2S/c15-12-4-1-9(7-14(12)17)11-3-2-10(8-13(11)16)19(6-5-18)22(20)21/h1-4,7-8H,6H2,(H,20,21). The Morgan fingerprint density at radius 2 is 1.95 bits per heavy atom. The number of nitriles is 1. The predicted octanol–water partition coefficient (Wildman–Crippen LogP) is 4.27. The smallest absolute Gasteiger partial charge is 0.262 e. The zero-order chi connectivity index (χ0) is 16.3. The SMILES string of the molecule is N#CCN(c1ccc(-c2ccc(Cl)c(F)c2)c(Cl)c1)S(=O)O. The molecule has 8 heteroatoms. The van der Waals surface area contributed by atoms with Crippen LogP contribution in [0.15, 0.2) is 36.4 Å². The van der Waals surface area contributed by atoms with E-state index in [9.17, 15) is 13.2 Å². The summed E-state index contributed by atoms with van der Waals surface area (Å²) >= 11 is 9.45. The van der Waals surface area contributed by atoms with Crippen molar-refractivity contribution in [3.63, 3.8) is 0 Å². The Morgan fingerprint density at radius 1 is 1.23 bits per heavy atom. The minimum Gasteiger partial charge on any atom is -0.289 e. The van der Waals surface area contributed by atoms with Gasteiger partial charge in [-0.05, 0) is 29.8 Å². The molecule has 1 N–H and O–H groups in total. The van der Waals surface area contributed by atoms with E-state index in [0.717, 1.165) is 4.31 Å². The molecule has 4 nitrogen and oxygen atoms in total. The van der Waals surface area contributed by atoms with E-state index >= 15 is 0 Å². The summed E-state index contributed by atoms with van der Waals surface area (Å²) in [6.45, 7) is -0.269. The van der Waals surface area contributed by atoms with Gasteiger partial charge in [-0.3, -0.25) is 8.86 Å². The van der Waals surface area contributed by atoms with E-state index in [-0.39, 0.29) is 16.6 Å². The maximum absolute atomic E-state index is 13.5. The Bertz CT molecular complexity index is 780. The van der Waals surface area contributed by atoms with Gasteiger partial charge in [0.05, 0.1) is 21.8 Å². The van der Waals surface area contributed by atoms with E-state index in [1.54, 1.807) is 18.2 Å². The van der Waals surface area contributed by atoms with Gasteiger partial charge in [0.1, 0.15) is 12.4 Å². The second-order valence-corrected chi connectivity index (χ2v) is 5.94. The van der Waals surface area contributed by atoms with Crippen LogP contribution in [0, 0.1) is 17.1 Å². The zero-order valence-electron chi connectivity index (χ0n) is 11.0. The number of hydrogen-bond donors (Lipinski definition) is 1. The first-order valence-corrected chi connectivity index (χ1v) is 7.76. The quantitative estimate of drug-likeness (QED) is 0.655. The highest BCUT2D eigenvalue weighted by molar-refractivity contribution is 7.80. The summed E-state index contributed by atoms with van der Waals surface area (Å²) in [5.41, 5.74) is 1.38. The largest absolute Gasteiger partial charge is 0.289 e. The molecule has 0 spiro atoms. The fraction of sp³-hybridized carbons (Fsp3) is 0.0714. The number of rotatable bonds is 4. The number of halogens is 3. The van der Waals surface area contributed by atoms with Crippen molar-refractivity contribution >= 4 is 40.2 Å². The third-order valence-corrected chi connectivity index (χ3v) is 4.21. The predicted molar refractivity (Wildman–Crippen MR) is 85.6 cm³/mol. The lowest BCUT2D eigenvalue weighted by atomic mass is 10.1. The summed E-state index contributed by atoms with van der Waals surface area (Å²) in [5.74, 6) is -0.568. The van der Waals surface area contributed by atoms with Crippen LogP contribution in [-0.2, 0) is 11.3 Å². The molecule has 0 aliphatic carbocycles. The van der Waals surface area contributed by atoms with E-state index in [1.165, 1.54) is 24.3 Å². The zero-order valence-corrected chi connectivity index (χ0v) is 13.3. The molecule has 0 radical (unpaired) electrons. The number of hydrogen-bond acceptors (Lipinski definition) is 2. The molecule has 0 aliphatic rings. The van der Waals surface area contributed by atoms with Gasteiger partial charge in [-0.1, -0.05) is 35.3 Å². The third-order valence-electron chi connectivity index (χ3n) is 2.87. The van der Waals surface area contributed by atoms with Gasteiger partial charge in [0, 0.05) is 5.56 Å². The normalized spacial score (nSPS) is 11.8. The van der Waals surface area contributed by atoms with Crippen molar-refractivity contribution in [2.75, 3.05) is 10.8 Å². The minimum atomic E-state index is -2.35. The van der Waals surface area contributed by atoms with Crippen molar-refractivity contribution in [1.29, 1.82) is 5.26 Å². The molecule has 0 fully saturated rings. The molecule has 0 bridgehead atoms. The highest BCUT2D eigenvalue weighted by atomic mass is 35.5. The van der Waals surface area contributed by atoms with Crippen molar-refractivity contribution < 1.29 is 13.2 Å². The molecule has 114 valence electrons. The van der Waals surface area contributed by atoms with Crippen LogP contribution >= 0.6 is 23.2 Å². The molecular weight excluding hydrogens is 350 g/mol. The minimum absolute atomic E-state index is 0.00682. The Balaban J connectivity index is 2.43. The Morgan fingerprint density at radius 3 is 2.50 bits per heavy atom. The van der Waals surface area contributed by atoms with E-state index in [4.69, 9.17) is 28.5 Å². The summed E-state index contributed by atoms with van der Waals surface area (Å²) < 4.78 is 34.9. The van der Waals surface area contributed by atoms with Crippen LogP contribution in [0.2, 0.25) is 10.0 Å². The maximum Gasteiger partial charge on any atom is 0.262 e. The first kappa shape index (κ1) is 16.7. The second kappa shape index (κ2) is 7.07. The molecule has 0 aromatic heterocycles. The Hall–Kier alpha value is -1.65. The first-order valence-electron chi connectivity index (χ1n) is 5.94. The summed E-state index contributed by atoms with van der Waals surface area (Å²) in [6, 6.07) is 10.6. The number of benzene rings is 2. The fourth-order valence-electron chi connectivity index (χ4n) is 1.86. The van der Waals surface area contributed by atoms with E-state index in [0.29, 0.717) is 16.8 Å². The molecule has 0 heterocycles. The Labute approximate surface area is 139 Å². The van der Waals surface area contributed by atoms with Gasteiger partial charge >= 0.3 is 0 Å². The molecule has 0 amide bonds. The highest BCUT2D eigenvalue weighted by Crippen LogP contribution is 2.33. The summed E-state index contributed by atoms with van der Waals surface area (Å²) in [5, 5.41) is 8.94. The number of anilines is 1. The van der Waals surface area contributed by atoms with Gasteiger partial charge in [0.15, 0.2) is 0 Å². The van der Waals surface area contributed by atoms with Crippen molar-refractivity contribution in [2.24, 2.45) is 0 Å². The van der Waals surface area contributed by atoms with Gasteiger partial charge in [0.2, 0.25) is 0 Å².